The molecule has 1 aliphatic rings. The Labute approximate surface area is 85.9 Å². The summed E-state index contributed by atoms with van der Waals surface area (Å²) < 4.78 is 17.8. The van der Waals surface area contributed by atoms with Gasteiger partial charge in [-0.3, -0.25) is 9.59 Å². The van der Waals surface area contributed by atoms with Crippen LogP contribution < -0.4 is 0 Å². The van der Waals surface area contributed by atoms with Crippen molar-refractivity contribution in [3.63, 3.8) is 0 Å². The molecule has 1 aromatic rings. The maximum absolute atomic E-state index is 13.3. The molecule has 1 atom stereocenters. The first-order chi connectivity index (χ1) is 7.15. The van der Waals surface area contributed by atoms with Gasteiger partial charge in [0.1, 0.15) is 11.7 Å². The molecule has 0 saturated heterocycles. The van der Waals surface area contributed by atoms with Crippen molar-refractivity contribution in [2.75, 3.05) is 7.11 Å². The average Bonchev–Trinajstić information content (AvgIpc) is 2.56. The van der Waals surface area contributed by atoms with E-state index in [4.69, 9.17) is 0 Å². The van der Waals surface area contributed by atoms with Gasteiger partial charge in [-0.15, -0.1) is 0 Å². The molecule has 1 unspecified atom stereocenters. The SMILES string of the molecule is COC(=O)C1Cc2cccc(F)c2C1=O. The topological polar surface area (TPSA) is 43.4 Å². The summed E-state index contributed by atoms with van der Waals surface area (Å²) in [5.41, 5.74) is 0.614. The van der Waals surface area contributed by atoms with Gasteiger partial charge >= 0.3 is 5.97 Å². The number of carbonyl (C=O) groups is 2. The van der Waals surface area contributed by atoms with Crippen LogP contribution in [0.15, 0.2) is 18.2 Å². The Morgan fingerprint density at radius 2 is 2.27 bits per heavy atom. The van der Waals surface area contributed by atoms with E-state index in [-0.39, 0.29) is 12.0 Å². The van der Waals surface area contributed by atoms with Crippen molar-refractivity contribution in [3.05, 3.63) is 35.1 Å². The number of rotatable bonds is 1. The van der Waals surface area contributed by atoms with Crippen LogP contribution in [0, 0.1) is 11.7 Å². The van der Waals surface area contributed by atoms with Crippen molar-refractivity contribution < 1.29 is 18.7 Å². The molecule has 0 heterocycles. The lowest BCUT2D eigenvalue weighted by Crippen LogP contribution is -2.22. The molecule has 0 aliphatic heterocycles. The summed E-state index contributed by atoms with van der Waals surface area (Å²) in [6.07, 6.45) is 0.235. The summed E-state index contributed by atoms with van der Waals surface area (Å²) in [6, 6.07) is 4.40. The molecule has 15 heavy (non-hydrogen) atoms. The third-order valence-corrected chi connectivity index (χ3v) is 2.57. The molecule has 1 aromatic carbocycles. The number of esters is 1. The van der Waals surface area contributed by atoms with Gasteiger partial charge in [0, 0.05) is 0 Å². The van der Waals surface area contributed by atoms with E-state index >= 15 is 0 Å². The Kier molecular flexibility index (Phi) is 2.26. The first kappa shape index (κ1) is 9.83. The molecule has 1 aliphatic carbocycles. The number of ketones is 1. The second-order valence-electron chi connectivity index (χ2n) is 3.42. The highest BCUT2D eigenvalue weighted by Crippen LogP contribution is 2.29. The van der Waals surface area contributed by atoms with Crippen molar-refractivity contribution >= 4 is 11.8 Å². The summed E-state index contributed by atoms with van der Waals surface area (Å²) in [5.74, 6) is -2.52. The molecule has 0 radical (unpaired) electrons. The lowest BCUT2D eigenvalue weighted by molar-refractivity contribution is -0.143. The number of fused-ring (bicyclic) bond motifs is 1. The van der Waals surface area contributed by atoms with Gasteiger partial charge in [0.05, 0.1) is 12.7 Å². The summed E-state index contributed by atoms with van der Waals surface area (Å²) >= 11 is 0. The van der Waals surface area contributed by atoms with E-state index in [0.29, 0.717) is 5.56 Å². The highest BCUT2D eigenvalue weighted by molar-refractivity contribution is 6.12. The summed E-state index contributed by atoms with van der Waals surface area (Å²) in [6.45, 7) is 0. The zero-order valence-electron chi connectivity index (χ0n) is 8.12. The van der Waals surface area contributed by atoms with Crippen LogP contribution in [0.4, 0.5) is 4.39 Å². The normalized spacial score (nSPS) is 18.8. The largest absolute Gasteiger partial charge is 0.468 e. The number of ether oxygens (including phenoxy) is 1. The molecular weight excluding hydrogens is 199 g/mol. The molecule has 0 spiro atoms. The predicted octanol–water partition coefficient (Wildman–Crippen LogP) is 1.35. The number of hydrogen-bond donors (Lipinski definition) is 0. The number of halogens is 1. The number of benzene rings is 1. The van der Waals surface area contributed by atoms with Crippen molar-refractivity contribution in [2.24, 2.45) is 5.92 Å². The van der Waals surface area contributed by atoms with Crippen LogP contribution >= 0.6 is 0 Å². The van der Waals surface area contributed by atoms with Gasteiger partial charge < -0.3 is 4.74 Å². The average molecular weight is 208 g/mol. The number of methoxy groups -OCH3 is 1. The van der Waals surface area contributed by atoms with Gasteiger partial charge in [-0.1, -0.05) is 12.1 Å². The maximum Gasteiger partial charge on any atom is 0.316 e. The van der Waals surface area contributed by atoms with Gasteiger partial charge in [-0.05, 0) is 18.1 Å². The van der Waals surface area contributed by atoms with E-state index in [0.717, 1.165) is 0 Å². The van der Waals surface area contributed by atoms with Gasteiger partial charge in [-0.25, -0.2) is 4.39 Å². The van der Waals surface area contributed by atoms with E-state index in [1.54, 1.807) is 6.07 Å². The molecule has 2 rings (SSSR count). The number of Topliss-reactive ketones (excluding diaryl/α,β-unsaturated/α-hetero) is 1. The Balaban J connectivity index is 2.42. The van der Waals surface area contributed by atoms with Gasteiger partial charge in [0.25, 0.3) is 0 Å². The van der Waals surface area contributed by atoms with Gasteiger partial charge in [0.15, 0.2) is 5.78 Å². The van der Waals surface area contributed by atoms with Crippen molar-refractivity contribution in [2.45, 2.75) is 6.42 Å². The Hall–Kier alpha value is -1.71. The van der Waals surface area contributed by atoms with Crippen LogP contribution in [0.3, 0.4) is 0 Å². The van der Waals surface area contributed by atoms with Gasteiger partial charge in [-0.2, -0.15) is 0 Å². The summed E-state index contributed by atoms with van der Waals surface area (Å²) in [7, 11) is 1.22. The fourth-order valence-electron chi connectivity index (χ4n) is 1.83. The fraction of sp³-hybridized carbons (Fsp3) is 0.273. The quantitative estimate of drug-likeness (QED) is 0.517. The van der Waals surface area contributed by atoms with Gasteiger partial charge in [0.2, 0.25) is 0 Å². The first-order valence-electron chi connectivity index (χ1n) is 4.54. The van der Waals surface area contributed by atoms with Crippen LogP contribution in [-0.2, 0) is 16.0 Å². The van der Waals surface area contributed by atoms with Crippen LogP contribution in [0.25, 0.3) is 0 Å². The molecule has 0 bridgehead atoms. The maximum atomic E-state index is 13.3. The minimum Gasteiger partial charge on any atom is -0.468 e. The van der Waals surface area contributed by atoms with E-state index in [2.05, 4.69) is 4.74 Å². The molecule has 3 nitrogen and oxygen atoms in total. The zero-order chi connectivity index (χ0) is 11.0. The molecule has 0 N–H and O–H groups in total. The highest BCUT2D eigenvalue weighted by atomic mass is 19.1. The smallest absolute Gasteiger partial charge is 0.316 e. The standard InChI is InChI=1S/C11H9FO3/c1-15-11(14)7-5-6-3-2-4-8(12)9(6)10(7)13/h2-4,7H,5H2,1H3. The number of carbonyl (C=O) groups excluding carboxylic acids is 2. The molecular formula is C11H9FO3. The molecule has 0 aromatic heterocycles. The minimum atomic E-state index is -0.873. The van der Waals surface area contributed by atoms with Crippen LogP contribution in [0.2, 0.25) is 0 Å². The first-order valence-corrected chi connectivity index (χ1v) is 4.54. The van der Waals surface area contributed by atoms with E-state index in [9.17, 15) is 14.0 Å². The molecule has 4 heteroatoms. The fourth-order valence-corrected chi connectivity index (χ4v) is 1.83. The predicted molar refractivity (Wildman–Crippen MR) is 49.9 cm³/mol. The highest BCUT2D eigenvalue weighted by Gasteiger charge is 2.38. The third-order valence-electron chi connectivity index (χ3n) is 2.57. The van der Waals surface area contributed by atoms with E-state index in [1.807, 2.05) is 0 Å². The third kappa shape index (κ3) is 1.42. The minimum absolute atomic E-state index is 0.0351. The van der Waals surface area contributed by atoms with Crippen molar-refractivity contribution in [3.8, 4) is 0 Å². The number of hydrogen-bond acceptors (Lipinski definition) is 3. The second-order valence-corrected chi connectivity index (χ2v) is 3.42. The van der Waals surface area contributed by atoms with Crippen molar-refractivity contribution in [1.82, 2.24) is 0 Å². The zero-order valence-corrected chi connectivity index (χ0v) is 8.12. The monoisotopic (exact) mass is 208 g/mol. The van der Waals surface area contributed by atoms with Crippen LogP contribution in [-0.4, -0.2) is 18.9 Å². The van der Waals surface area contributed by atoms with E-state index < -0.39 is 23.5 Å². The Morgan fingerprint density at radius 1 is 1.53 bits per heavy atom. The van der Waals surface area contributed by atoms with Crippen molar-refractivity contribution in [1.29, 1.82) is 0 Å². The molecule has 0 fully saturated rings. The Morgan fingerprint density at radius 3 is 2.87 bits per heavy atom. The van der Waals surface area contributed by atoms with Crippen LogP contribution in [0.5, 0.6) is 0 Å². The second kappa shape index (κ2) is 3.46. The molecule has 0 amide bonds. The molecule has 78 valence electrons. The lowest BCUT2D eigenvalue weighted by Gasteiger charge is -2.03. The summed E-state index contributed by atoms with van der Waals surface area (Å²) in [4.78, 5) is 22.9. The lowest BCUT2D eigenvalue weighted by atomic mass is 10.1. The molecule has 0 saturated carbocycles. The van der Waals surface area contributed by atoms with E-state index in [1.165, 1.54) is 19.2 Å². The Bertz CT molecular complexity index is 439. The van der Waals surface area contributed by atoms with Crippen LogP contribution in [0.1, 0.15) is 15.9 Å². The summed E-state index contributed by atoms with van der Waals surface area (Å²) in [5, 5.41) is 0.